The van der Waals surface area contributed by atoms with Gasteiger partial charge in [0.15, 0.2) is 0 Å². The summed E-state index contributed by atoms with van der Waals surface area (Å²) in [5.74, 6) is 2.61. The summed E-state index contributed by atoms with van der Waals surface area (Å²) in [5, 5.41) is 3.05. The molecule has 1 N–H and O–H groups in total. The number of carbonyl (C=O) groups is 2. The zero-order chi connectivity index (χ0) is 16.7. The van der Waals surface area contributed by atoms with Crippen LogP contribution in [0.2, 0.25) is 0 Å². The van der Waals surface area contributed by atoms with E-state index in [9.17, 15) is 9.59 Å². The molecule has 2 amide bonds. The first-order valence-electron chi connectivity index (χ1n) is 10.2. The Hall–Kier alpha value is -1.06. The van der Waals surface area contributed by atoms with Crippen LogP contribution in [0.3, 0.4) is 0 Å². The largest absolute Gasteiger partial charge is 0.347 e. The topological polar surface area (TPSA) is 49.4 Å². The van der Waals surface area contributed by atoms with E-state index in [1.807, 2.05) is 4.90 Å². The SMILES string of the molecule is CC[C@H]1CCCCN1C(=O)CNC(=O)C12CC3CC(CC(C3)C1)C2. The first-order chi connectivity index (χ1) is 11.6. The van der Waals surface area contributed by atoms with Gasteiger partial charge in [0.1, 0.15) is 0 Å². The number of nitrogens with zero attached hydrogens (tertiary/aromatic N) is 1. The average molecular weight is 332 g/mol. The van der Waals surface area contributed by atoms with Gasteiger partial charge in [0.2, 0.25) is 11.8 Å². The predicted molar refractivity (Wildman–Crippen MR) is 93.3 cm³/mol. The van der Waals surface area contributed by atoms with Crippen LogP contribution in [0.4, 0.5) is 0 Å². The highest BCUT2D eigenvalue weighted by Crippen LogP contribution is 2.60. The number of hydrogen-bond donors (Lipinski definition) is 1. The van der Waals surface area contributed by atoms with Gasteiger partial charge in [-0.25, -0.2) is 0 Å². The molecule has 5 fully saturated rings. The second kappa shape index (κ2) is 6.34. The minimum absolute atomic E-state index is 0.125. The minimum atomic E-state index is -0.138. The van der Waals surface area contributed by atoms with Gasteiger partial charge in [-0.05, 0) is 82.0 Å². The van der Waals surface area contributed by atoms with Crippen molar-refractivity contribution in [2.24, 2.45) is 23.2 Å². The molecule has 4 aliphatic carbocycles. The van der Waals surface area contributed by atoms with Crippen molar-refractivity contribution in [1.29, 1.82) is 0 Å². The number of carbonyl (C=O) groups excluding carboxylic acids is 2. The van der Waals surface area contributed by atoms with Crippen molar-refractivity contribution in [3.05, 3.63) is 0 Å². The van der Waals surface area contributed by atoms with E-state index in [2.05, 4.69) is 12.2 Å². The summed E-state index contributed by atoms with van der Waals surface area (Å²) in [6, 6.07) is 0.378. The molecular weight excluding hydrogens is 300 g/mol. The van der Waals surface area contributed by atoms with Gasteiger partial charge in [-0.15, -0.1) is 0 Å². The molecule has 0 aromatic rings. The lowest BCUT2D eigenvalue weighted by atomic mass is 9.49. The number of hydrogen-bond acceptors (Lipinski definition) is 2. The highest BCUT2D eigenvalue weighted by atomic mass is 16.2. The number of likely N-dealkylation sites (tertiary alicyclic amines) is 1. The molecular formula is C20H32N2O2. The average Bonchev–Trinajstić information content (AvgIpc) is 2.58. The van der Waals surface area contributed by atoms with Crippen LogP contribution >= 0.6 is 0 Å². The summed E-state index contributed by atoms with van der Waals surface area (Å²) in [6.45, 7) is 3.23. The molecule has 5 rings (SSSR count). The van der Waals surface area contributed by atoms with Gasteiger partial charge in [-0.2, -0.15) is 0 Å². The normalized spacial score (nSPS) is 40.6. The van der Waals surface area contributed by atoms with Crippen LogP contribution in [0, 0.1) is 23.2 Å². The van der Waals surface area contributed by atoms with E-state index in [1.165, 1.54) is 25.7 Å². The number of amides is 2. The molecule has 0 spiro atoms. The lowest BCUT2D eigenvalue weighted by molar-refractivity contribution is -0.148. The molecule has 0 unspecified atom stereocenters. The van der Waals surface area contributed by atoms with Gasteiger partial charge in [0.05, 0.1) is 6.54 Å². The molecule has 1 saturated heterocycles. The van der Waals surface area contributed by atoms with E-state index in [0.29, 0.717) is 6.04 Å². The fourth-order valence-electron chi connectivity index (χ4n) is 6.59. The first kappa shape index (κ1) is 16.4. The van der Waals surface area contributed by atoms with Crippen LogP contribution in [0.1, 0.15) is 71.1 Å². The quantitative estimate of drug-likeness (QED) is 0.860. The van der Waals surface area contributed by atoms with Crippen molar-refractivity contribution in [3.8, 4) is 0 Å². The molecule has 4 nitrogen and oxygen atoms in total. The Bertz CT molecular complexity index is 480. The number of rotatable bonds is 4. The molecule has 1 heterocycles. The van der Waals surface area contributed by atoms with Gasteiger partial charge in [0, 0.05) is 18.0 Å². The Morgan fingerprint density at radius 2 is 1.67 bits per heavy atom. The minimum Gasteiger partial charge on any atom is -0.347 e. The second-order valence-electron chi connectivity index (χ2n) is 9.03. The molecule has 0 aromatic heterocycles. The molecule has 1 aliphatic heterocycles. The van der Waals surface area contributed by atoms with Gasteiger partial charge in [-0.3, -0.25) is 9.59 Å². The fraction of sp³-hybridized carbons (Fsp3) is 0.900. The second-order valence-corrected chi connectivity index (χ2v) is 9.03. The maximum absolute atomic E-state index is 13.0. The van der Waals surface area contributed by atoms with Crippen LogP contribution in [-0.4, -0.2) is 35.8 Å². The Labute approximate surface area is 145 Å². The van der Waals surface area contributed by atoms with Crippen LogP contribution in [-0.2, 0) is 9.59 Å². The van der Waals surface area contributed by atoms with Gasteiger partial charge < -0.3 is 10.2 Å². The Morgan fingerprint density at radius 3 is 2.25 bits per heavy atom. The zero-order valence-electron chi connectivity index (χ0n) is 15.1. The highest BCUT2D eigenvalue weighted by Gasteiger charge is 2.54. The summed E-state index contributed by atoms with van der Waals surface area (Å²) in [6.07, 6.45) is 11.7. The first-order valence-corrected chi connectivity index (χ1v) is 10.2. The summed E-state index contributed by atoms with van der Waals surface area (Å²) >= 11 is 0. The third kappa shape index (κ3) is 2.86. The number of nitrogens with one attached hydrogen (secondary N) is 1. The van der Waals surface area contributed by atoms with Crippen molar-refractivity contribution < 1.29 is 9.59 Å². The predicted octanol–water partition coefficient (Wildman–Crippen LogP) is 3.11. The van der Waals surface area contributed by atoms with Crippen LogP contribution < -0.4 is 5.32 Å². The molecule has 0 radical (unpaired) electrons. The van der Waals surface area contributed by atoms with E-state index >= 15 is 0 Å². The van der Waals surface area contributed by atoms with E-state index in [1.54, 1.807) is 0 Å². The maximum atomic E-state index is 13.0. The van der Waals surface area contributed by atoms with Crippen molar-refractivity contribution >= 4 is 11.8 Å². The standard InChI is InChI=1S/C20H32N2O2/c1-2-17-5-3-4-6-22(17)18(23)13-21-19(24)20-10-14-7-15(11-20)9-16(8-14)12-20/h14-17H,2-13H2,1H3,(H,21,24)/t14?,15?,16?,17-,20?/m0/s1. The Balaban J connectivity index is 1.36. The van der Waals surface area contributed by atoms with E-state index in [0.717, 1.165) is 62.8 Å². The zero-order valence-corrected chi connectivity index (χ0v) is 15.1. The van der Waals surface area contributed by atoms with Crippen molar-refractivity contribution in [2.75, 3.05) is 13.1 Å². The summed E-state index contributed by atoms with van der Waals surface area (Å²) in [5.41, 5.74) is -0.138. The molecule has 4 saturated carbocycles. The molecule has 24 heavy (non-hydrogen) atoms. The van der Waals surface area contributed by atoms with Crippen molar-refractivity contribution in [2.45, 2.75) is 77.2 Å². The molecule has 4 bridgehead atoms. The molecule has 0 aromatic carbocycles. The summed E-state index contributed by atoms with van der Waals surface area (Å²) < 4.78 is 0. The third-order valence-corrected chi connectivity index (χ3v) is 7.34. The summed E-state index contributed by atoms with van der Waals surface area (Å²) in [7, 11) is 0. The van der Waals surface area contributed by atoms with E-state index < -0.39 is 0 Å². The van der Waals surface area contributed by atoms with Gasteiger partial charge in [0.25, 0.3) is 0 Å². The Kier molecular flexibility index (Phi) is 4.34. The third-order valence-electron chi connectivity index (χ3n) is 7.34. The lowest BCUT2D eigenvalue weighted by Gasteiger charge is -2.55. The van der Waals surface area contributed by atoms with Gasteiger partial charge in [-0.1, -0.05) is 6.92 Å². The van der Waals surface area contributed by atoms with Crippen molar-refractivity contribution in [3.63, 3.8) is 0 Å². The van der Waals surface area contributed by atoms with Crippen molar-refractivity contribution in [1.82, 2.24) is 10.2 Å². The van der Waals surface area contributed by atoms with E-state index in [4.69, 9.17) is 0 Å². The molecule has 4 heteroatoms. The van der Waals surface area contributed by atoms with E-state index in [-0.39, 0.29) is 23.8 Å². The van der Waals surface area contributed by atoms with Crippen LogP contribution in [0.25, 0.3) is 0 Å². The molecule has 5 aliphatic rings. The monoisotopic (exact) mass is 332 g/mol. The summed E-state index contributed by atoms with van der Waals surface area (Å²) in [4.78, 5) is 27.6. The smallest absolute Gasteiger partial charge is 0.242 e. The van der Waals surface area contributed by atoms with Crippen LogP contribution in [0.15, 0.2) is 0 Å². The number of piperidine rings is 1. The highest BCUT2D eigenvalue weighted by molar-refractivity contribution is 5.88. The van der Waals surface area contributed by atoms with Gasteiger partial charge >= 0.3 is 0 Å². The molecule has 1 atom stereocenters. The lowest BCUT2D eigenvalue weighted by Crippen LogP contribution is -2.55. The molecule has 134 valence electrons. The maximum Gasteiger partial charge on any atom is 0.242 e. The van der Waals surface area contributed by atoms with Crippen LogP contribution in [0.5, 0.6) is 0 Å². The Morgan fingerprint density at radius 1 is 1.04 bits per heavy atom. The fourth-order valence-corrected chi connectivity index (χ4v) is 6.59.